The second-order valence-corrected chi connectivity index (χ2v) is 9.78. The van der Waals surface area contributed by atoms with E-state index in [4.69, 9.17) is 4.98 Å². The zero-order valence-corrected chi connectivity index (χ0v) is 18.2. The average molecular weight is 451 g/mol. The minimum absolute atomic E-state index is 0.000835. The Labute approximate surface area is 186 Å². The van der Waals surface area contributed by atoms with Gasteiger partial charge in [-0.1, -0.05) is 42.5 Å². The summed E-state index contributed by atoms with van der Waals surface area (Å²) in [7, 11) is -3.71. The number of benzene rings is 2. The van der Waals surface area contributed by atoms with Gasteiger partial charge in [0.1, 0.15) is 11.5 Å². The molecule has 8 heteroatoms. The van der Waals surface area contributed by atoms with Crippen molar-refractivity contribution in [2.24, 2.45) is 0 Å². The Morgan fingerprint density at radius 1 is 0.875 bits per heavy atom. The SMILES string of the molecule is O=S(=O)(c1cccc(F)c1)N1CCN(Cc2c(-c3ccccc3)nc3ccccn23)CC1. The third-order valence-corrected chi connectivity index (χ3v) is 7.71. The second-order valence-electron chi connectivity index (χ2n) is 7.84. The predicted molar refractivity (Wildman–Crippen MR) is 121 cm³/mol. The molecular weight excluding hydrogens is 427 g/mol. The smallest absolute Gasteiger partial charge is 0.243 e. The van der Waals surface area contributed by atoms with Crippen LogP contribution >= 0.6 is 0 Å². The summed E-state index contributed by atoms with van der Waals surface area (Å²) in [6.45, 7) is 2.54. The maximum atomic E-state index is 13.5. The number of nitrogens with zero attached hydrogens (tertiary/aromatic N) is 4. The van der Waals surface area contributed by atoms with Crippen LogP contribution in [0.4, 0.5) is 4.39 Å². The van der Waals surface area contributed by atoms with Crippen LogP contribution in [0.1, 0.15) is 5.69 Å². The highest BCUT2D eigenvalue weighted by Gasteiger charge is 2.29. The molecule has 2 aromatic heterocycles. The summed E-state index contributed by atoms with van der Waals surface area (Å²) in [5, 5.41) is 0. The van der Waals surface area contributed by atoms with Crippen molar-refractivity contribution in [3.05, 3.63) is 90.5 Å². The van der Waals surface area contributed by atoms with Crippen LogP contribution in [0.15, 0.2) is 83.9 Å². The first kappa shape index (κ1) is 20.8. The summed E-state index contributed by atoms with van der Waals surface area (Å²) in [5.74, 6) is -0.550. The van der Waals surface area contributed by atoms with E-state index in [0.717, 1.165) is 28.7 Å². The van der Waals surface area contributed by atoms with Gasteiger partial charge in [-0.25, -0.2) is 17.8 Å². The first-order chi connectivity index (χ1) is 15.5. The molecule has 0 radical (unpaired) electrons. The van der Waals surface area contributed by atoms with E-state index in [1.807, 2.05) is 42.6 Å². The highest BCUT2D eigenvalue weighted by Crippen LogP contribution is 2.26. The molecule has 32 heavy (non-hydrogen) atoms. The average Bonchev–Trinajstić information content (AvgIpc) is 3.18. The molecule has 0 atom stereocenters. The third-order valence-electron chi connectivity index (χ3n) is 5.81. The lowest BCUT2D eigenvalue weighted by Gasteiger charge is -2.34. The van der Waals surface area contributed by atoms with E-state index < -0.39 is 15.8 Å². The number of pyridine rings is 1. The molecule has 0 saturated carbocycles. The van der Waals surface area contributed by atoms with Crippen molar-refractivity contribution < 1.29 is 12.8 Å². The monoisotopic (exact) mass is 450 g/mol. The molecule has 5 rings (SSSR count). The van der Waals surface area contributed by atoms with E-state index in [1.54, 1.807) is 0 Å². The van der Waals surface area contributed by atoms with Crippen molar-refractivity contribution in [3.63, 3.8) is 0 Å². The quantitative estimate of drug-likeness (QED) is 0.466. The van der Waals surface area contributed by atoms with Crippen molar-refractivity contribution in [1.29, 1.82) is 0 Å². The van der Waals surface area contributed by atoms with E-state index in [0.29, 0.717) is 32.7 Å². The number of aromatic nitrogens is 2. The minimum Gasteiger partial charge on any atom is -0.302 e. The minimum atomic E-state index is -3.71. The predicted octanol–water partition coefficient (Wildman–Crippen LogP) is 3.65. The fourth-order valence-corrected chi connectivity index (χ4v) is 5.60. The number of rotatable bonds is 5. The number of sulfonamides is 1. The van der Waals surface area contributed by atoms with Gasteiger partial charge < -0.3 is 4.40 Å². The van der Waals surface area contributed by atoms with E-state index >= 15 is 0 Å². The van der Waals surface area contributed by atoms with Gasteiger partial charge in [-0.15, -0.1) is 0 Å². The number of imidazole rings is 1. The van der Waals surface area contributed by atoms with Gasteiger partial charge >= 0.3 is 0 Å². The molecule has 2 aromatic carbocycles. The van der Waals surface area contributed by atoms with Gasteiger partial charge in [0.15, 0.2) is 0 Å². The largest absolute Gasteiger partial charge is 0.302 e. The van der Waals surface area contributed by atoms with Crippen LogP contribution in [0, 0.1) is 5.82 Å². The molecular formula is C24H23FN4O2S. The summed E-state index contributed by atoms with van der Waals surface area (Å²) in [4.78, 5) is 7.08. The number of hydrogen-bond acceptors (Lipinski definition) is 4. The van der Waals surface area contributed by atoms with Gasteiger partial charge in [-0.05, 0) is 30.3 Å². The normalized spacial score (nSPS) is 15.9. The fraction of sp³-hybridized carbons (Fsp3) is 0.208. The van der Waals surface area contributed by atoms with E-state index in [9.17, 15) is 12.8 Å². The van der Waals surface area contributed by atoms with Crippen LogP contribution in [0.5, 0.6) is 0 Å². The third kappa shape index (κ3) is 3.92. The summed E-state index contributed by atoms with van der Waals surface area (Å²) in [5.41, 5.74) is 3.95. The van der Waals surface area contributed by atoms with Crippen molar-refractivity contribution in [1.82, 2.24) is 18.6 Å². The molecule has 6 nitrogen and oxygen atoms in total. The number of halogens is 1. The maximum absolute atomic E-state index is 13.5. The zero-order chi connectivity index (χ0) is 22.1. The van der Waals surface area contributed by atoms with Gasteiger partial charge in [-0.2, -0.15) is 4.31 Å². The van der Waals surface area contributed by atoms with Gasteiger partial charge in [0.25, 0.3) is 0 Å². The van der Waals surface area contributed by atoms with Crippen LogP contribution in [-0.4, -0.2) is 53.2 Å². The van der Waals surface area contributed by atoms with Crippen LogP contribution < -0.4 is 0 Å². The van der Waals surface area contributed by atoms with E-state index in [1.165, 1.54) is 22.5 Å². The van der Waals surface area contributed by atoms with Gasteiger partial charge in [0.05, 0.1) is 16.3 Å². The number of hydrogen-bond donors (Lipinski definition) is 0. The molecule has 4 aromatic rings. The van der Waals surface area contributed by atoms with E-state index in [-0.39, 0.29) is 4.90 Å². The molecule has 3 heterocycles. The highest BCUT2D eigenvalue weighted by molar-refractivity contribution is 7.89. The Hall–Kier alpha value is -3.07. The maximum Gasteiger partial charge on any atom is 0.243 e. The molecule has 1 saturated heterocycles. The Balaban J connectivity index is 1.37. The lowest BCUT2D eigenvalue weighted by Crippen LogP contribution is -2.48. The van der Waals surface area contributed by atoms with Crippen molar-refractivity contribution in [3.8, 4) is 11.3 Å². The van der Waals surface area contributed by atoms with Gasteiger partial charge in [-0.3, -0.25) is 4.90 Å². The standard InChI is InChI=1S/C24H23FN4O2S/c25-20-9-6-10-21(17-20)32(30,31)28-15-13-27(14-16-28)18-22-24(19-7-2-1-3-8-19)26-23-11-4-5-12-29(22)23/h1-12,17H,13-16,18H2. The van der Waals surface area contributed by atoms with Gasteiger partial charge in [0, 0.05) is 44.5 Å². The van der Waals surface area contributed by atoms with Crippen molar-refractivity contribution in [2.75, 3.05) is 26.2 Å². The van der Waals surface area contributed by atoms with Gasteiger partial charge in [0.2, 0.25) is 10.0 Å². The lowest BCUT2D eigenvalue weighted by atomic mass is 10.1. The Morgan fingerprint density at radius 3 is 2.38 bits per heavy atom. The molecule has 0 spiro atoms. The molecule has 0 amide bonds. The molecule has 164 valence electrons. The Kier molecular flexibility index (Phi) is 5.50. The molecule has 1 fully saturated rings. The van der Waals surface area contributed by atoms with Crippen LogP contribution in [-0.2, 0) is 16.6 Å². The second kappa shape index (κ2) is 8.46. The summed E-state index contributed by atoms with van der Waals surface area (Å²) < 4.78 is 42.9. The summed E-state index contributed by atoms with van der Waals surface area (Å²) in [6, 6.07) is 21.2. The summed E-state index contributed by atoms with van der Waals surface area (Å²) in [6.07, 6.45) is 2.01. The molecule has 0 unspecified atom stereocenters. The summed E-state index contributed by atoms with van der Waals surface area (Å²) >= 11 is 0. The zero-order valence-electron chi connectivity index (χ0n) is 17.4. The first-order valence-electron chi connectivity index (χ1n) is 10.5. The topological polar surface area (TPSA) is 57.9 Å². The number of piperazine rings is 1. The van der Waals surface area contributed by atoms with Crippen molar-refractivity contribution in [2.45, 2.75) is 11.4 Å². The van der Waals surface area contributed by atoms with Crippen molar-refractivity contribution >= 4 is 15.7 Å². The molecule has 0 bridgehead atoms. The van der Waals surface area contributed by atoms with Crippen LogP contribution in [0.25, 0.3) is 16.9 Å². The number of fused-ring (bicyclic) bond motifs is 1. The van der Waals surface area contributed by atoms with Crippen LogP contribution in [0.3, 0.4) is 0 Å². The van der Waals surface area contributed by atoms with Crippen LogP contribution in [0.2, 0.25) is 0 Å². The van der Waals surface area contributed by atoms with E-state index in [2.05, 4.69) is 21.4 Å². The molecule has 0 aliphatic carbocycles. The Morgan fingerprint density at radius 2 is 1.62 bits per heavy atom. The molecule has 1 aliphatic heterocycles. The molecule has 0 N–H and O–H groups in total. The lowest BCUT2D eigenvalue weighted by molar-refractivity contribution is 0.180. The fourth-order valence-electron chi connectivity index (χ4n) is 4.14. The highest BCUT2D eigenvalue weighted by atomic mass is 32.2. The molecule has 1 aliphatic rings. The Bertz CT molecular complexity index is 1350. The first-order valence-corrected chi connectivity index (χ1v) is 12.0.